The molecular weight excluding hydrogens is 278 g/mol. The second kappa shape index (κ2) is 5.07. The summed E-state index contributed by atoms with van der Waals surface area (Å²) >= 11 is 0. The number of fused-ring (bicyclic) bond motifs is 1. The van der Waals surface area contributed by atoms with E-state index in [9.17, 15) is 0 Å². The highest BCUT2D eigenvalue weighted by Crippen LogP contribution is 2.36. The van der Waals surface area contributed by atoms with Gasteiger partial charge < -0.3 is 20.8 Å². The Hall–Kier alpha value is -3.02. The summed E-state index contributed by atoms with van der Waals surface area (Å²) in [5.74, 6) is 1.26. The Morgan fingerprint density at radius 1 is 1.09 bits per heavy atom. The van der Waals surface area contributed by atoms with Crippen molar-refractivity contribution >= 4 is 11.6 Å². The first-order valence-corrected chi connectivity index (χ1v) is 7.08. The van der Waals surface area contributed by atoms with E-state index in [1.807, 2.05) is 30.3 Å². The molecule has 4 rings (SSSR count). The topological polar surface area (TPSA) is 88.8 Å². The molecule has 110 valence electrons. The lowest BCUT2D eigenvalue weighted by atomic mass is 10.0. The second-order valence-corrected chi connectivity index (χ2v) is 5.07. The fourth-order valence-corrected chi connectivity index (χ4v) is 2.62. The Morgan fingerprint density at radius 2 is 1.95 bits per heavy atom. The number of benzene rings is 1. The van der Waals surface area contributed by atoms with E-state index in [1.54, 1.807) is 12.4 Å². The molecule has 0 spiro atoms. The maximum Gasteiger partial charge on any atom is 0.198 e. The van der Waals surface area contributed by atoms with Crippen molar-refractivity contribution in [1.29, 1.82) is 0 Å². The molecule has 1 aliphatic rings. The van der Waals surface area contributed by atoms with E-state index in [2.05, 4.69) is 20.3 Å². The summed E-state index contributed by atoms with van der Waals surface area (Å²) in [4.78, 5) is 11.6. The van der Waals surface area contributed by atoms with Gasteiger partial charge in [0.15, 0.2) is 5.95 Å². The first-order chi connectivity index (χ1) is 10.8. The van der Waals surface area contributed by atoms with Crippen molar-refractivity contribution in [3.8, 4) is 28.3 Å². The molecule has 0 atom stereocenters. The van der Waals surface area contributed by atoms with Gasteiger partial charge >= 0.3 is 0 Å². The van der Waals surface area contributed by atoms with Gasteiger partial charge in [-0.2, -0.15) is 0 Å². The maximum absolute atomic E-state index is 5.87. The van der Waals surface area contributed by atoms with Gasteiger partial charge in [0.25, 0.3) is 0 Å². The molecule has 1 aliphatic heterocycles. The first-order valence-electron chi connectivity index (χ1n) is 7.08. The van der Waals surface area contributed by atoms with Crippen LogP contribution in [0.1, 0.15) is 0 Å². The van der Waals surface area contributed by atoms with Gasteiger partial charge in [0.1, 0.15) is 12.4 Å². The second-order valence-electron chi connectivity index (χ2n) is 5.07. The minimum absolute atomic E-state index is 0.392. The van der Waals surface area contributed by atoms with E-state index in [1.165, 1.54) is 0 Å². The van der Waals surface area contributed by atoms with Crippen molar-refractivity contribution in [1.82, 2.24) is 15.0 Å². The fraction of sp³-hybridized carbons (Fsp3) is 0.125. The van der Waals surface area contributed by atoms with Gasteiger partial charge in [-0.05, 0) is 30.3 Å². The highest BCUT2D eigenvalue weighted by Gasteiger charge is 2.16. The highest BCUT2D eigenvalue weighted by atomic mass is 16.5. The first kappa shape index (κ1) is 12.7. The number of pyridine rings is 1. The van der Waals surface area contributed by atoms with Crippen LogP contribution < -0.4 is 15.8 Å². The molecule has 3 heterocycles. The van der Waals surface area contributed by atoms with Crippen LogP contribution in [0.3, 0.4) is 0 Å². The molecule has 0 amide bonds. The van der Waals surface area contributed by atoms with Crippen molar-refractivity contribution in [2.75, 3.05) is 24.2 Å². The lowest BCUT2D eigenvalue weighted by Gasteiger charge is -2.19. The normalized spacial score (nSPS) is 13.1. The van der Waals surface area contributed by atoms with Gasteiger partial charge in [-0.25, -0.2) is 4.98 Å². The van der Waals surface area contributed by atoms with Crippen molar-refractivity contribution in [2.45, 2.75) is 0 Å². The van der Waals surface area contributed by atoms with Crippen LogP contribution in [0.15, 0.2) is 42.7 Å². The third kappa shape index (κ3) is 2.14. The SMILES string of the molecule is Nc1nc(-c2ccc3c(c2)NCCO3)c(-c2ccncc2)[nH]1. The van der Waals surface area contributed by atoms with E-state index < -0.39 is 0 Å². The Bertz CT molecular complexity index is 813. The van der Waals surface area contributed by atoms with E-state index in [0.717, 1.165) is 40.5 Å². The Kier molecular flexibility index (Phi) is 2.93. The van der Waals surface area contributed by atoms with Crippen LogP contribution in [0, 0.1) is 0 Å². The van der Waals surface area contributed by atoms with Crippen LogP contribution in [0.2, 0.25) is 0 Å². The molecule has 0 fully saturated rings. The fourth-order valence-electron chi connectivity index (χ4n) is 2.62. The minimum atomic E-state index is 0.392. The van der Waals surface area contributed by atoms with Crippen LogP contribution in [-0.4, -0.2) is 28.1 Å². The molecule has 2 aromatic heterocycles. The average Bonchev–Trinajstić information content (AvgIpc) is 2.97. The maximum atomic E-state index is 5.87. The Labute approximate surface area is 127 Å². The molecule has 4 N–H and O–H groups in total. The Morgan fingerprint density at radius 3 is 2.82 bits per heavy atom. The number of anilines is 2. The molecule has 6 heteroatoms. The summed E-state index contributed by atoms with van der Waals surface area (Å²) in [5.41, 5.74) is 10.5. The number of H-pyrrole nitrogens is 1. The molecule has 0 saturated heterocycles. The van der Waals surface area contributed by atoms with Crippen molar-refractivity contribution < 1.29 is 4.74 Å². The zero-order chi connectivity index (χ0) is 14.9. The van der Waals surface area contributed by atoms with Gasteiger partial charge in [0.05, 0.1) is 17.1 Å². The molecule has 0 aliphatic carbocycles. The number of imidazole rings is 1. The predicted octanol–water partition coefficient (Wildman–Crippen LogP) is 2.53. The van der Waals surface area contributed by atoms with E-state index in [0.29, 0.717) is 12.6 Å². The van der Waals surface area contributed by atoms with Gasteiger partial charge in [-0.1, -0.05) is 0 Å². The summed E-state index contributed by atoms with van der Waals surface area (Å²) in [7, 11) is 0. The number of aromatic amines is 1. The van der Waals surface area contributed by atoms with E-state index >= 15 is 0 Å². The van der Waals surface area contributed by atoms with E-state index in [-0.39, 0.29) is 0 Å². The minimum Gasteiger partial charge on any atom is -0.490 e. The van der Waals surface area contributed by atoms with Gasteiger partial charge in [0, 0.05) is 30.1 Å². The van der Waals surface area contributed by atoms with Crippen LogP contribution >= 0.6 is 0 Å². The van der Waals surface area contributed by atoms with Crippen molar-refractivity contribution in [2.24, 2.45) is 0 Å². The zero-order valence-electron chi connectivity index (χ0n) is 11.8. The smallest absolute Gasteiger partial charge is 0.198 e. The predicted molar refractivity (Wildman–Crippen MR) is 85.7 cm³/mol. The molecule has 0 saturated carbocycles. The number of aromatic nitrogens is 3. The number of ether oxygens (including phenoxy) is 1. The lowest BCUT2D eigenvalue weighted by molar-refractivity contribution is 0.323. The Balaban J connectivity index is 1.83. The van der Waals surface area contributed by atoms with E-state index in [4.69, 9.17) is 10.5 Å². The number of nitrogens with one attached hydrogen (secondary N) is 2. The highest BCUT2D eigenvalue weighted by molar-refractivity contribution is 5.82. The largest absolute Gasteiger partial charge is 0.490 e. The van der Waals surface area contributed by atoms with Gasteiger partial charge in [-0.3, -0.25) is 4.98 Å². The number of hydrogen-bond donors (Lipinski definition) is 3. The molecule has 6 nitrogen and oxygen atoms in total. The monoisotopic (exact) mass is 293 g/mol. The molecular formula is C16H15N5O. The number of hydrogen-bond acceptors (Lipinski definition) is 5. The lowest BCUT2D eigenvalue weighted by Crippen LogP contribution is -2.17. The summed E-state index contributed by atoms with van der Waals surface area (Å²) in [6.45, 7) is 1.49. The number of nitrogens with two attached hydrogens (primary N) is 1. The molecule has 1 aromatic carbocycles. The molecule has 22 heavy (non-hydrogen) atoms. The van der Waals surface area contributed by atoms with Gasteiger partial charge in [0.2, 0.25) is 0 Å². The summed E-state index contributed by atoms with van der Waals surface area (Å²) in [6, 6.07) is 9.84. The van der Waals surface area contributed by atoms with Gasteiger partial charge in [-0.15, -0.1) is 0 Å². The van der Waals surface area contributed by atoms with Crippen molar-refractivity contribution in [3.63, 3.8) is 0 Å². The van der Waals surface area contributed by atoms with Crippen LogP contribution in [0.4, 0.5) is 11.6 Å². The number of nitrogen functional groups attached to an aromatic ring is 1. The molecule has 3 aromatic rings. The molecule has 0 bridgehead atoms. The van der Waals surface area contributed by atoms with Crippen LogP contribution in [0.5, 0.6) is 5.75 Å². The number of nitrogens with zero attached hydrogens (tertiary/aromatic N) is 2. The third-order valence-corrected chi connectivity index (χ3v) is 3.62. The third-order valence-electron chi connectivity index (χ3n) is 3.62. The summed E-state index contributed by atoms with van der Waals surface area (Å²) < 4.78 is 5.61. The quantitative estimate of drug-likeness (QED) is 0.675. The zero-order valence-corrected chi connectivity index (χ0v) is 11.8. The van der Waals surface area contributed by atoms with Crippen LogP contribution in [-0.2, 0) is 0 Å². The number of rotatable bonds is 2. The molecule has 0 radical (unpaired) electrons. The molecule has 0 unspecified atom stereocenters. The average molecular weight is 293 g/mol. The van der Waals surface area contributed by atoms with Crippen molar-refractivity contribution in [3.05, 3.63) is 42.7 Å². The summed E-state index contributed by atoms with van der Waals surface area (Å²) in [6.07, 6.45) is 3.50. The van der Waals surface area contributed by atoms with Crippen LogP contribution in [0.25, 0.3) is 22.5 Å². The summed E-state index contributed by atoms with van der Waals surface area (Å²) in [5, 5.41) is 3.33. The standard InChI is InChI=1S/C16H15N5O/c17-16-20-14(10-3-5-18-6-4-10)15(21-16)11-1-2-13-12(9-11)19-7-8-22-13/h1-6,9,19H,7-8H2,(H3,17,20,21).